The third kappa shape index (κ3) is 4.06. The average Bonchev–Trinajstić information content (AvgIpc) is 2.91. The largest absolute Gasteiger partial charge is 0.326 e. The first-order valence-corrected chi connectivity index (χ1v) is 7.32. The molecule has 1 aromatic carbocycles. The molecule has 0 aromatic heterocycles. The lowest BCUT2D eigenvalue weighted by atomic mass is 9.98. The van der Waals surface area contributed by atoms with Crippen LogP contribution in [0.15, 0.2) is 24.3 Å². The molecule has 1 amide bonds. The number of hydrogen-bond donors (Lipinski definition) is 2. The van der Waals surface area contributed by atoms with Crippen molar-refractivity contribution in [1.29, 1.82) is 0 Å². The molecule has 0 spiro atoms. The van der Waals surface area contributed by atoms with Gasteiger partial charge in [0.25, 0.3) is 0 Å². The maximum absolute atomic E-state index is 11.9. The fraction of sp³-hybridized carbons (Fsp3) is 0.562. The maximum Gasteiger partial charge on any atom is 0.225 e. The number of carbonyl (C=O) groups is 1. The van der Waals surface area contributed by atoms with Gasteiger partial charge in [-0.15, -0.1) is 0 Å². The molecule has 3 heteroatoms. The number of hydrogen-bond acceptors (Lipinski definition) is 2. The Hall–Kier alpha value is -1.35. The zero-order chi connectivity index (χ0) is 13.7. The summed E-state index contributed by atoms with van der Waals surface area (Å²) < 4.78 is 0. The first-order chi connectivity index (χ1) is 9.19. The van der Waals surface area contributed by atoms with Gasteiger partial charge in [0, 0.05) is 18.2 Å². The Bertz CT molecular complexity index is 407. The minimum atomic E-state index is 0.107. The zero-order valence-corrected chi connectivity index (χ0v) is 11.9. The highest BCUT2D eigenvalue weighted by Gasteiger charge is 2.17. The van der Waals surface area contributed by atoms with Crippen LogP contribution in [0.25, 0.3) is 0 Å². The lowest BCUT2D eigenvalue weighted by molar-refractivity contribution is -0.116. The van der Waals surface area contributed by atoms with Crippen LogP contribution in [0.4, 0.5) is 5.69 Å². The van der Waals surface area contributed by atoms with E-state index in [1.165, 1.54) is 12.0 Å². The molecule has 2 atom stereocenters. The molecule has 1 saturated heterocycles. The summed E-state index contributed by atoms with van der Waals surface area (Å²) in [6.07, 6.45) is 4.01. The molecule has 0 aliphatic carbocycles. The predicted molar refractivity (Wildman–Crippen MR) is 79.4 cm³/mol. The first-order valence-electron chi connectivity index (χ1n) is 7.32. The highest BCUT2D eigenvalue weighted by atomic mass is 16.1. The second-order valence-corrected chi connectivity index (χ2v) is 5.48. The van der Waals surface area contributed by atoms with Crippen molar-refractivity contribution in [2.45, 2.75) is 51.5 Å². The summed E-state index contributed by atoms with van der Waals surface area (Å²) in [6, 6.07) is 8.58. The van der Waals surface area contributed by atoms with Crippen molar-refractivity contribution < 1.29 is 4.79 Å². The smallest absolute Gasteiger partial charge is 0.225 e. The quantitative estimate of drug-likeness (QED) is 0.853. The van der Waals surface area contributed by atoms with Crippen LogP contribution in [0, 0.1) is 0 Å². The van der Waals surface area contributed by atoms with Gasteiger partial charge in [0.1, 0.15) is 0 Å². The van der Waals surface area contributed by atoms with Gasteiger partial charge in [-0.25, -0.2) is 0 Å². The van der Waals surface area contributed by atoms with Crippen LogP contribution in [0.3, 0.4) is 0 Å². The summed E-state index contributed by atoms with van der Waals surface area (Å²) in [5.41, 5.74) is 2.23. The van der Waals surface area contributed by atoms with Crippen molar-refractivity contribution in [3.8, 4) is 0 Å². The van der Waals surface area contributed by atoms with Gasteiger partial charge in [-0.3, -0.25) is 4.79 Å². The summed E-state index contributed by atoms with van der Waals surface area (Å²) in [6.45, 7) is 5.45. The van der Waals surface area contributed by atoms with Crippen LogP contribution in [-0.4, -0.2) is 18.5 Å². The van der Waals surface area contributed by atoms with Crippen molar-refractivity contribution in [1.82, 2.24) is 5.32 Å². The van der Waals surface area contributed by atoms with E-state index in [1.807, 2.05) is 12.1 Å². The fourth-order valence-electron chi connectivity index (χ4n) is 2.50. The monoisotopic (exact) mass is 260 g/mol. The number of carbonyl (C=O) groups excluding carboxylic acids is 1. The highest BCUT2D eigenvalue weighted by Crippen LogP contribution is 2.20. The van der Waals surface area contributed by atoms with Gasteiger partial charge in [0.2, 0.25) is 5.91 Å². The van der Waals surface area contributed by atoms with Crippen molar-refractivity contribution in [2.75, 3.05) is 11.9 Å². The molecule has 0 radical (unpaired) electrons. The molecule has 19 heavy (non-hydrogen) atoms. The maximum atomic E-state index is 11.9. The van der Waals surface area contributed by atoms with E-state index in [-0.39, 0.29) is 5.91 Å². The standard InChI is InChI=1S/C16H24N2O/c1-3-12(2)13-6-8-14(9-7-13)18-16(19)11-15-5-4-10-17-15/h6-9,12,15,17H,3-5,10-11H2,1-2H3,(H,18,19). The number of amides is 1. The van der Waals surface area contributed by atoms with Crippen molar-refractivity contribution in [3.05, 3.63) is 29.8 Å². The number of nitrogens with one attached hydrogen (secondary N) is 2. The predicted octanol–water partition coefficient (Wildman–Crippen LogP) is 3.28. The summed E-state index contributed by atoms with van der Waals surface area (Å²) >= 11 is 0. The Morgan fingerprint density at radius 2 is 2.16 bits per heavy atom. The molecular formula is C16H24N2O. The van der Waals surface area contributed by atoms with Gasteiger partial charge in [-0.2, -0.15) is 0 Å². The van der Waals surface area contributed by atoms with Gasteiger partial charge in [0.05, 0.1) is 0 Å². The Balaban J connectivity index is 1.86. The third-order valence-corrected chi connectivity index (χ3v) is 3.97. The molecule has 104 valence electrons. The average molecular weight is 260 g/mol. The molecule has 3 nitrogen and oxygen atoms in total. The van der Waals surface area contributed by atoms with Crippen molar-refractivity contribution >= 4 is 11.6 Å². The highest BCUT2D eigenvalue weighted by molar-refractivity contribution is 5.91. The summed E-state index contributed by atoms with van der Waals surface area (Å²) in [5.74, 6) is 0.683. The molecule has 2 rings (SSSR count). The van der Waals surface area contributed by atoms with E-state index in [2.05, 4.69) is 36.6 Å². The van der Waals surface area contributed by atoms with Crippen LogP contribution in [0.5, 0.6) is 0 Å². The molecule has 2 N–H and O–H groups in total. The second kappa shape index (κ2) is 6.71. The van der Waals surface area contributed by atoms with Gasteiger partial charge in [-0.1, -0.05) is 26.0 Å². The number of benzene rings is 1. The minimum Gasteiger partial charge on any atom is -0.326 e. The Morgan fingerprint density at radius 3 is 2.74 bits per heavy atom. The Kier molecular flexibility index (Phi) is 4.97. The van der Waals surface area contributed by atoms with Crippen LogP contribution < -0.4 is 10.6 Å². The molecule has 2 unspecified atom stereocenters. The van der Waals surface area contributed by atoms with E-state index in [1.54, 1.807) is 0 Å². The molecule has 1 aliphatic rings. The minimum absolute atomic E-state index is 0.107. The van der Waals surface area contributed by atoms with Crippen LogP contribution >= 0.6 is 0 Å². The first kappa shape index (κ1) is 14.1. The van der Waals surface area contributed by atoms with E-state index in [9.17, 15) is 4.79 Å². The third-order valence-electron chi connectivity index (χ3n) is 3.97. The lowest BCUT2D eigenvalue weighted by Gasteiger charge is -2.12. The van der Waals surface area contributed by atoms with Gasteiger partial charge >= 0.3 is 0 Å². The van der Waals surface area contributed by atoms with Gasteiger partial charge < -0.3 is 10.6 Å². The molecule has 1 fully saturated rings. The summed E-state index contributed by atoms with van der Waals surface area (Å²) in [5, 5.41) is 6.32. The Morgan fingerprint density at radius 1 is 1.42 bits per heavy atom. The van der Waals surface area contributed by atoms with E-state index < -0.39 is 0 Å². The van der Waals surface area contributed by atoms with Gasteiger partial charge in [-0.05, 0) is 49.4 Å². The fourth-order valence-corrected chi connectivity index (χ4v) is 2.50. The molecule has 0 saturated carbocycles. The van der Waals surface area contributed by atoms with E-state index in [0.29, 0.717) is 18.4 Å². The zero-order valence-electron chi connectivity index (χ0n) is 11.9. The molecule has 1 heterocycles. The summed E-state index contributed by atoms with van der Waals surface area (Å²) in [7, 11) is 0. The SMILES string of the molecule is CCC(C)c1ccc(NC(=O)CC2CCCN2)cc1. The second-order valence-electron chi connectivity index (χ2n) is 5.48. The molecule has 1 aliphatic heterocycles. The van der Waals surface area contributed by atoms with Crippen molar-refractivity contribution in [2.24, 2.45) is 0 Å². The molecular weight excluding hydrogens is 236 g/mol. The van der Waals surface area contributed by atoms with Crippen molar-refractivity contribution in [3.63, 3.8) is 0 Å². The van der Waals surface area contributed by atoms with E-state index >= 15 is 0 Å². The molecule has 0 bridgehead atoms. The van der Waals surface area contributed by atoms with E-state index in [0.717, 1.165) is 25.1 Å². The Labute approximate surface area is 115 Å². The van der Waals surface area contributed by atoms with Gasteiger partial charge in [0.15, 0.2) is 0 Å². The summed E-state index contributed by atoms with van der Waals surface area (Å²) in [4.78, 5) is 11.9. The van der Waals surface area contributed by atoms with Crippen LogP contribution in [-0.2, 0) is 4.79 Å². The van der Waals surface area contributed by atoms with Crippen LogP contribution in [0.1, 0.15) is 51.0 Å². The topological polar surface area (TPSA) is 41.1 Å². The number of rotatable bonds is 5. The molecule has 1 aromatic rings. The normalized spacial score (nSPS) is 20.2. The van der Waals surface area contributed by atoms with Crippen LogP contribution in [0.2, 0.25) is 0 Å². The van der Waals surface area contributed by atoms with E-state index in [4.69, 9.17) is 0 Å². The lowest BCUT2D eigenvalue weighted by Crippen LogP contribution is -2.27. The number of anilines is 1.